The Morgan fingerprint density at radius 2 is 1.59 bits per heavy atom. The van der Waals surface area contributed by atoms with E-state index in [1.165, 1.54) is 24.4 Å². The van der Waals surface area contributed by atoms with Crippen LogP contribution in [0.1, 0.15) is 22.8 Å². The van der Waals surface area contributed by atoms with Gasteiger partial charge in [-0.1, -0.05) is 30.3 Å². The molecule has 1 aliphatic rings. The van der Waals surface area contributed by atoms with Crippen LogP contribution in [0.5, 0.6) is 11.5 Å². The van der Waals surface area contributed by atoms with Crippen LogP contribution in [0.2, 0.25) is 0 Å². The number of nitrogens with zero attached hydrogens (tertiary/aromatic N) is 2. The Balaban J connectivity index is 1.37. The molecule has 2 heterocycles. The van der Waals surface area contributed by atoms with Gasteiger partial charge in [-0.3, -0.25) is 9.59 Å². The molecular formula is C29H19F7N4O4. The van der Waals surface area contributed by atoms with Crippen LogP contribution >= 0.6 is 0 Å². The minimum atomic E-state index is -6.66. The molecule has 8 nitrogen and oxygen atoms in total. The molecule has 0 unspecified atom stereocenters. The van der Waals surface area contributed by atoms with E-state index < -0.39 is 35.5 Å². The molecular weight excluding hydrogens is 601 g/mol. The molecule has 0 bridgehead atoms. The van der Waals surface area contributed by atoms with E-state index in [-0.39, 0.29) is 23.6 Å². The zero-order valence-corrected chi connectivity index (χ0v) is 22.3. The van der Waals surface area contributed by atoms with Gasteiger partial charge in [0.25, 0.3) is 5.91 Å². The number of alkyl halides is 7. The third-order valence-electron chi connectivity index (χ3n) is 6.53. The lowest BCUT2D eigenvalue weighted by Crippen LogP contribution is -2.57. The highest BCUT2D eigenvalue weighted by molar-refractivity contribution is 6.08. The lowest BCUT2D eigenvalue weighted by atomic mass is 10.0. The van der Waals surface area contributed by atoms with Crippen LogP contribution in [-0.4, -0.2) is 47.3 Å². The molecule has 44 heavy (non-hydrogen) atoms. The van der Waals surface area contributed by atoms with Crippen molar-refractivity contribution in [1.82, 2.24) is 10.4 Å². The Morgan fingerprint density at radius 1 is 0.864 bits per heavy atom. The maximum Gasteiger partial charge on any atom is 0.460 e. The molecule has 0 spiro atoms. The van der Waals surface area contributed by atoms with E-state index >= 15 is 0 Å². The van der Waals surface area contributed by atoms with Crippen molar-refractivity contribution >= 4 is 34.1 Å². The van der Waals surface area contributed by atoms with Gasteiger partial charge in [0.05, 0.1) is 22.5 Å². The molecule has 0 saturated heterocycles. The summed E-state index contributed by atoms with van der Waals surface area (Å²) >= 11 is 0. The molecule has 1 aliphatic heterocycles. The van der Waals surface area contributed by atoms with Gasteiger partial charge in [0.1, 0.15) is 0 Å². The molecule has 0 saturated carbocycles. The van der Waals surface area contributed by atoms with Crippen molar-refractivity contribution < 1.29 is 49.8 Å². The highest BCUT2D eigenvalue weighted by atomic mass is 19.4. The average molecular weight is 620 g/mol. The second-order valence-corrected chi connectivity index (χ2v) is 9.46. The number of carbonyl (C=O) groups excluding carboxylic acids is 2. The second kappa shape index (κ2) is 11.1. The van der Waals surface area contributed by atoms with Crippen molar-refractivity contribution in [3.05, 3.63) is 83.9 Å². The van der Waals surface area contributed by atoms with E-state index in [0.717, 1.165) is 12.1 Å². The SMILES string of the molecule is C/C(=N/NC(=O)c1cc(-c2ccc3c(c2)OCO3)nc2ccccc12)c1cccc(NC(=O)C(F)(F)C(F)(F)C(F)(F)F)c1. The topological polar surface area (TPSA) is 102 Å². The number of benzene rings is 3. The number of rotatable bonds is 7. The van der Waals surface area contributed by atoms with Gasteiger partial charge in [0.2, 0.25) is 6.79 Å². The number of para-hydroxylation sites is 1. The van der Waals surface area contributed by atoms with E-state index in [4.69, 9.17) is 9.47 Å². The zero-order chi connectivity index (χ0) is 31.9. The first kappa shape index (κ1) is 30.3. The maximum absolute atomic E-state index is 13.7. The van der Waals surface area contributed by atoms with Crippen LogP contribution in [-0.2, 0) is 4.79 Å². The summed E-state index contributed by atoms with van der Waals surface area (Å²) in [5, 5.41) is 5.87. The van der Waals surface area contributed by atoms with Crippen LogP contribution in [0.3, 0.4) is 0 Å². The molecule has 0 atom stereocenters. The Morgan fingerprint density at radius 3 is 2.34 bits per heavy atom. The van der Waals surface area contributed by atoms with E-state index in [1.54, 1.807) is 48.5 Å². The summed E-state index contributed by atoms with van der Waals surface area (Å²) in [5.74, 6) is -15.1. The van der Waals surface area contributed by atoms with E-state index in [1.807, 2.05) is 0 Å². The summed E-state index contributed by atoms with van der Waals surface area (Å²) in [6.45, 7) is 1.47. The summed E-state index contributed by atoms with van der Waals surface area (Å²) in [6.07, 6.45) is -6.66. The summed E-state index contributed by atoms with van der Waals surface area (Å²) in [4.78, 5) is 29.6. The van der Waals surface area contributed by atoms with Gasteiger partial charge >= 0.3 is 23.9 Å². The van der Waals surface area contributed by atoms with E-state index in [0.29, 0.717) is 33.7 Å². The van der Waals surface area contributed by atoms with Crippen LogP contribution in [0, 0.1) is 0 Å². The summed E-state index contributed by atoms with van der Waals surface area (Å²) < 4.78 is 102. The van der Waals surface area contributed by atoms with Crippen molar-refractivity contribution in [3.8, 4) is 22.8 Å². The van der Waals surface area contributed by atoms with Crippen molar-refractivity contribution in [2.45, 2.75) is 24.9 Å². The minimum Gasteiger partial charge on any atom is -0.454 e. The number of fused-ring (bicyclic) bond motifs is 2. The summed E-state index contributed by atoms with van der Waals surface area (Å²) in [6, 6.07) is 18.2. The number of anilines is 1. The number of pyridine rings is 1. The molecule has 2 N–H and O–H groups in total. The highest BCUT2D eigenvalue weighted by Gasteiger charge is 2.76. The second-order valence-electron chi connectivity index (χ2n) is 9.46. The van der Waals surface area contributed by atoms with Gasteiger partial charge in [-0.25, -0.2) is 10.4 Å². The molecule has 0 aliphatic carbocycles. The maximum atomic E-state index is 13.7. The number of amides is 2. The van der Waals surface area contributed by atoms with Gasteiger partial charge < -0.3 is 14.8 Å². The molecule has 5 rings (SSSR count). The first-order valence-electron chi connectivity index (χ1n) is 12.6. The Hall–Kier alpha value is -5.21. The third kappa shape index (κ3) is 5.59. The fraction of sp³-hybridized carbons (Fsp3) is 0.172. The fourth-order valence-corrected chi connectivity index (χ4v) is 4.18. The number of carbonyl (C=O) groups is 2. The predicted octanol–water partition coefficient (Wildman–Crippen LogP) is 6.56. The Bertz CT molecular complexity index is 1810. The molecule has 0 fully saturated rings. The molecule has 1 aromatic heterocycles. The predicted molar refractivity (Wildman–Crippen MR) is 144 cm³/mol. The van der Waals surface area contributed by atoms with E-state index in [2.05, 4.69) is 15.5 Å². The smallest absolute Gasteiger partial charge is 0.454 e. The molecule has 228 valence electrons. The molecule has 0 radical (unpaired) electrons. The highest BCUT2D eigenvalue weighted by Crippen LogP contribution is 2.47. The zero-order valence-electron chi connectivity index (χ0n) is 22.3. The fourth-order valence-electron chi connectivity index (χ4n) is 4.18. The monoisotopic (exact) mass is 620 g/mol. The molecule has 4 aromatic rings. The number of nitrogens with one attached hydrogen (secondary N) is 2. The first-order chi connectivity index (χ1) is 20.7. The first-order valence-corrected chi connectivity index (χ1v) is 12.6. The van der Waals surface area contributed by atoms with Crippen LogP contribution < -0.4 is 20.2 Å². The lowest BCUT2D eigenvalue weighted by molar-refractivity contribution is -0.343. The molecule has 15 heteroatoms. The lowest BCUT2D eigenvalue weighted by Gasteiger charge is -2.27. The molecule has 3 aromatic carbocycles. The minimum absolute atomic E-state index is 0.0741. The van der Waals surface area contributed by atoms with Crippen molar-refractivity contribution in [3.63, 3.8) is 0 Å². The standard InChI is InChI=1S/C29H19F7N4O4/c1-15(16-5-4-6-18(11-16)37-26(42)27(30,31)28(32,33)29(34,35)36)39-40-25(41)20-13-22(38-21-8-3-2-7-19(20)21)17-9-10-23-24(12-17)44-14-43-23/h2-13H,14H2,1H3,(H,37,42)(H,40,41)/b39-15-. The summed E-state index contributed by atoms with van der Waals surface area (Å²) in [7, 11) is 0. The third-order valence-corrected chi connectivity index (χ3v) is 6.53. The van der Waals surface area contributed by atoms with Crippen molar-refractivity contribution in [2.75, 3.05) is 12.1 Å². The number of aromatic nitrogens is 1. The van der Waals surface area contributed by atoms with E-state index in [9.17, 15) is 40.3 Å². The summed E-state index contributed by atoms with van der Waals surface area (Å²) in [5.41, 5.74) is 3.86. The number of hydrogen-bond donors (Lipinski definition) is 2. The number of halogens is 7. The number of hydrazone groups is 1. The largest absolute Gasteiger partial charge is 0.460 e. The van der Waals surface area contributed by atoms with Gasteiger partial charge in [-0.2, -0.15) is 35.8 Å². The van der Waals surface area contributed by atoms with Crippen LogP contribution in [0.25, 0.3) is 22.2 Å². The Labute approximate surface area is 243 Å². The normalized spacial score (nSPS) is 13.6. The van der Waals surface area contributed by atoms with Crippen LogP contribution in [0.15, 0.2) is 77.9 Å². The Kier molecular flexibility index (Phi) is 7.65. The van der Waals surface area contributed by atoms with Gasteiger partial charge in [-0.15, -0.1) is 0 Å². The van der Waals surface area contributed by atoms with Gasteiger partial charge in [0.15, 0.2) is 11.5 Å². The number of hydrogen-bond acceptors (Lipinski definition) is 6. The van der Waals surface area contributed by atoms with Crippen LogP contribution in [0.4, 0.5) is 36.4 Å². The van der Waals surface area contributed by atoms with Crippen molar-refractivity contribution in [1.29, 1.82) is 0 Å². The average Bonchev–Trinajstić information content (AvgIpc) is 3.46. The molecule has 2 amide bonds. The number of ether oxygens (including phenoxy) is 2. The van der Waals surface area contributed by atoms with Crippen molar-refractivity contribution in [2.24, 2.45) is 5.10 Å². The van der Waals surface area contributed by atoms with Gasteiger partial charge in [-0.05, 0) is 55.0 Å². The van der Waals surface area contributed by atoms with Gasteiger partial charge in [0, 0.05) is 16.6 Å². The quantitative estimate of drug-likeness (QED) is 0.139.